The lowest BCUT2D eigenvalue weighted by Crippen LogP contribution is -2.36. The molecule has 19 heavy (non-hydrogen) atoms. The topological polar surface area (TPSA) is 39.7 Å². The van der Waals surface area contributed by atoms with Crippen molar-refractivity contribution < 1.29 is 14.2 Å². The van der Waals surface area contributed by atoms with Crippen molar-refractivity contribution in [1.29, 1.82) is 0 Å². The largest absolute Gasteiger partial charge is 0.385 e. The highest BCUT2D eigenvalue weighted by molar-refractivity contribution is 4.92. The van der Waals surface area contributed by atoms with Gasteiger partial charge in [-0.25, -0.2) is 0 Å². The Kier molecular flexibility index (Phi) is 8.62. The molecule has 1 fully saturated rings. The third-order valence-corrected chi connectivity index (χ3v) is 4.03. The number of nitrogens with one attached hydrogen (secondary N) is 1. The van der Waals surface area contributed by atoms with Gasteiger partial charge < -0.3 is 19.5 Å². The first-order valence-corrected chi connectivity index (χ1v) is 7.49. The Morgan fingerprint density at radius 3 is 2.42 bits per heavy atom. The summed E-state index contributed by atoms with van der Waals surface area (Å²) >= 11 is 0. The zero-order chi connectivity index (χ0) is 14.0. The van der Waals surface area contributed by atoms with E-state index in [1.807, 2.05) is 0 Å². The lowest BCUT2D eigenvalue weighted by molar-refractivity contribution is 0.0728. The average Bonchev–Trinajstić information content (AvgIpc) is 3.24. The molecule has 0 heterocycles. The molecule has 1 aliphatic rings. The Hall–Kier alpha value is -0.160. The normalized spacial score (nSPS) is 18.5. The predicted molar refractivity (Wildman–Crippen MR) is 77.5 cm³/mol. The Bertz CT molecular complexity index is 221. The number of rotatable bonds is 13. The Morgan fingerprint density at radius 2 is 1.79 bits per heavy atom. The molecule has 0 bridgehead atoms. The van der Waals surface area contributed by atoms with E-state index in [1.54, 1.807) is 14.2 Å². The number of hydrogen-bond donors (Lipinski definition) is 1. The molecule has 0 aromatic heterocycles. The van der Waals surface area contributed by atoms with E-state index in [0.717, 1.165) is 58.3 Å². The van der Waals surface area contributed by atoms with Crippen LogP contribution in [0.4, 0.5) is 0 Å². The van der Waals surface area contributed by atoms with Gasteiger partial charge in [0.2, 0.25) is 0 Å². The van der Waals surface area contributed by atoms with Gasteiger partial charge in [0.05, 0.1) is 6.61 Å². The SMILES string of the molecule is COCCCOCCC(C)(CNCCOC)C1CC1. The van der Waals surface area contributed by atoms with Crippen LogP contribution in [0, 0.1) is 11.3 Å². The molecule has 0 radical (unpaired) electrons. The first-order chi connectivity index (χ1) is 9.23. The molecule has 0 aliphatic heterocycles. The van der Waals surface area contributed by atoms with Gasteiger partial charge in [0.15, 0.2) is 0 Å². The zero-order valence-electron chi connectivity index (χ0n) is 12.9. The molecule has 0 amide bonds. The fraction of sp³-hybridized carbons (Fsp3) is 1.00. The third-order valence-electron chi connectivity index (χ3n) is 4.03. The molecule has 0 aromatic rings. The van der Waals surface area contributed by atoms with Gasteiger partial charge in [-0.2, -0.15) is 0 Å². The van der Waals surface area contributed by atoms with E-state index in [-0.39, 0.29) is 0 Å². The standard InChI is InChI=1S/C15H31NO3/c1-15(14-5-6-14,13-16-8-12-18-3)7-11-19-10-4-9-17-2/h14,16H,4-13H2,1-3H3. The van der Waals surface area contributed by atoms with E-state index < -0.39 is 0 Å². The van der Waals surface area contributed by atoms with E-state index in [2.05, 4.69) is 12.2 Å². The minimum atomic E-state index is 0.384. The number of methoxy groups -OCH3 is 2. The van der Waals surface area contributed by atoms with Crippen molar-refractivity contribution in [2.75, 3.05) is 53.7 Å². The molecule has 1 saturated carbocycles. The summed E-state index contributed by atoms with van der Waals surface area (Å²) in [6.45, 7) is 7.65. The molecule has 0 aromatic carbocycles. The second-order valence-corrected chi connectivity index (χ2v) is 5.81. The summed E-state index contributed by atoms with van der Waals surface area (Å²) in [4.78, 5) is 0. The first-order valence-electron chi connectivity index (χ1n) is 7.49. The van der Waals surface area contributed by atoms with Crippen LogP contribution in [-0.2, 0) is 14.2 Å². The molecule has 1 atom stereocenters. The van der Waals surface area contributed by atoms with Gasteiger partial charge in [-0.1, -0.05) is 6.92 Å². The van der Waals surface area contributed by atoms with Crippen LogP contribution in [0.3, 0.4) is 0 Å². The van der Waals surface area contributed by atoms with Crippen LogP contribution in [-0.4, -0.2) is 53.7 Å². The lowest BCUT2D eigenvalue weighted by Gasteiger charge is -2.30. The summed E-state index contributed by atoms with van der Waals surface area (Å²) in [6, 6.07) is 0. The number of hydrogen-bond acceptors (Lipinski definition) is 4. The van der Waals surface area contributed by atoms with Gasteiger partial charge in [0.1, 0.15) is 0 Å². The molecular formula is C15H31NO3. The van der Waals surface area contributed by atoms with Crippen LogP contribution in [0.2, 0.25) is 0 Å². The van der Waals surface area contributed by atoms with E-state index in [4.69, 9.17) is 14.2 Å². The van der Waals surface area contributed by atoms with Crippen LogP contribution < -0.4 is 5.32 Å². The highest BCUT2D eigenvalue weighted by Gasteiger charge is 2.40. The maximum absolute atomic E-state index is 5.70. The van der Waals surface area contributed by atoms with Gasteiger partial charge in [-0.15, -0.1) is 0 Å². The molecule has 4 nitrogen and oxygen atoms in total. The second-order valence-electron chi connectivity index (χ2n) is 5.81. The Balaban J connectivity index is 2.12. The van der Waals surface area contributed by atoms with Crippen LogP contribution in [0.5, 0.6) is 0 Å². The lowest BCUT2D eigenvalue weighted by atomic mass is 9.81. The molecule has 114 valence electrons. The minimum Gasteiger partial charge on any atom is -0.385 e. The van der Waals surface area contributed by atoms with Crippen LogP contribution >= 0.6 is 0 Å². The summed E-state index contributed by atoms with van der Waals surface area (Å²) in [6.07, 6.45) is 4.89. The maximum atomic E-state index is 5.70. The molecule has 1 rings (SSSR count). The molecule has 0 saturated heterocycles. The molecular weight excluding hydrogens is 242 g/mol. The van der Waals surface area contributed by atoms with Crippen LogP contribution in [0.15, 0.2) is 0 Å². The van der Waals surface area contributed by atoms with Crippen molar-refractivity contribution >= 4 is 0 Å². The van der Waals surface area contributed by atoms with Gasteiger partial charge in [-0.05, 0) is 37.0 Å². The van der Waals surface area contributed by atoms with Crippen molar-refractivity contribution in [3.8, 4) is 0 Å². The highest BCUT2D eigenvalue weighted by Crippen LogP contribution is 2.47. The molecule has 1 unspecified atom stereocenters. The monoisotopic (exact) mass is 273 g/mol. The van der Waals surface area contributed by atoms with E-state index in [9.17, 15) is 0 Å². The van der Waals surface area contributed by atoms with Crippen molar-refractivity contribution in [2.24, 2.45) is 11.3 Å². The highest BCUT2D eigenvalue weighted by atomic mass is 16.5. The maximum Gasteiger partial charge on any atom is 0.0587 e. The summed E-state index contributed by atoms with van der Waals surface area (Å²) in [7, 11) is 3.48. The van der Waals surface area contributed by atoms with Crippen molar-refractivity contribution in [3.05, 3.63) is 0 Å². The van der Waals surface area contributed by atoms with Crippen molar-refractivity contribution in [1.82, 2.24) is 5.32 Å². The van der Waals surface area contributed by atoms with Crippen LogP contribution in [0.1, 0.15) is 32.6 Å². The summed E-state index contributed by atoms with van der Waals surface area (Å²) < 4.78 is 15.8. The van der Waals surface area contributed by atoms with Gasteiger partial charge in [0.25, 0.3) is 0 Å². The molecule has 0 spiro atoms. The quantitative estimate of drug-likeness (QED) is 0.522. The van der Waals surface area contributed by atoms with E-state index in [1.165, 1.54) is 12.8 Å². The Labute approximate surface area is 118 Å². The number of ether oxygens (including phenoxy) is 3. The minimum absolute atomic E-state index is 0.384. The fourth-order valence-electron chi connectivity index (χ4n) is 2.48. The second kappa shape index (κ2) is 9.70. The zero-order valence-corrected chi connectivity index (χ0v) is 12.9. The molecule has 1 aliphatic carbocycles. The third kappa shape index (κ3) is 7.25. The predicted octanol–water partition coefficient (Wildman–Crippen LogP) is 2.08. The average molecular weight is 273 g/mol. The van der Waals surface area contributed by atoms with E-state index in [0.29, 0.717) is 5.41 Å². The van der Waals surface area contributed by atoms with Crippen LogP contribution in [0.25, 0.3) is 0 Å². The summed E-state index contributed by atoms with van der Waals surface area (Å²) in [5.74, 6) is 0.880. The Morgan fingerprint density at radius 1 is 1.05 bits per heavy atom. The molecule has 1 N–H and O–H groups in total. The smallest absolute Gasteiger partial charge is 0.0587 e. The molecule has 4 heteroatoms. The summed E-state index contributed by atoms with van der Waals surface area (Å²) in [5.41, 5.74) is 0.384. The van der Waals surface area contributed by atoms with Gasteiger partial charge in [0, 0.05) is 47.1 Å². The van der Waals surface area contributed by atoms with Crippen molar-refractivity contribution in [3.63, 3.8) is 0 Å². The van der Waals surface area contributed by atoms with Crippen molar-refractivity contribution in [2.45, 2.75) is 32.6 Å². The van der Waals surface area contributed by atoms with E-state index >= 15 is 0 Å². The van der Waals surface area contributed by atoms with Gasteiger partial charge >= 0.3 is 0 Å². The fourth-order valence-corrected chi connectivity index (χ4v) is 2.48. The first kappa shape index (κ1) is 16.9. The van der Waals surface area contributed by atoms with Gasteiger partial charge in [-0.3, -0.25) is 0 Å². The summed E-state index contributed by atoms with van der Waals surface area (Å²) in [5, 5.41) is 3.51.